The van der Waals surface area contributed by atoms with Gasteiger partial charge in [0.25, 0.3) is 9.05 Å². The van der Waals surface area contributed by atoms with Crippen LogP contribution in [0.5, 0.6) is 5.75 Å². The monoisotopic (exact) mass is 297 g/mol. The van der Waals surface area contributed by atoms with E-state index in [4.69, 9.17) is 15.4 Å². The van der Waals surface area contributed by atoms with Crippen molar-refractivity contribution in [3.05, 3.63) is 43.1 Å². The minimum Gasteiger partial charge on any atom is -0.484 e. The maximum absolute atomic E-state index is 11.5. The van der Waals surface area contributed by atoms with Gasteiger partial charge in [0, 0.05) is 22.3 Å². The van der Waals surface area contributed by atoms with Gasteiger partial charge in [-0.3, -0.25) is 4.98 Å². The standard InChI is InChI=1S/C13H12ClNO3S/c1-3-9(2)18-11-6-7-12(19(14,16)17)10-5-4-8-15-13(10)11/h3-9H,1H2,2H3. The van der Waals surface area contributed by atoms with E-state index in [0.717, 1.165) is 0 Å². The van der Waals surface area contributed by atoms with Gasteiger partial charge in [-0.15, -0.1) is 0 Å². The van der Waals surface area contributed by atoms with Crippen molar-refractivity contribution in [2.45, 2.75) is 17.9 Å². The van der Waals surface area contributed by atoms with Crippen LogP contribution in [0.1, 0.15) is 6.92 Å². The number of aromatic nitrogens is 1. The first kappa shape index (κ1) is 13.8. The summed E-state index contributed by atoms with van der Waals surface area (Å²) in [6, 6.07) is 6.25. The number of fused-ring (bicyclic) bond motifs is 1. The second-order valence-corrected chi connectivity index (χ2v) is 6.49. The minimum absolute atomic E-state index is 0.0240. The highest BCUT2D eigenvalue weighted by Gasteiger charge is 2.17. The van der Waals surface area contributed by atoms with E-state index in [-0.39, 0.29) is 11.0 Å². The van der Waals surface area contributed by atoms with E-state index in [1.54, 1.807) is 30.5 Å². The van der Waals surface area contributed by atoms with Crippen molar-refractivity contribution in [3.8, 4) is 5.75 Å². The molecule has 1 aromatic heterocycles. The highest BCUT2D eigenvalue weighted by Crippen LogP contribution is 2.31. The van der Waals surface area contributed by atoms with Gasteiger partial charge in [-0.05, 0) is 31.2 Å². The van der Waals surface area contributed by atoms with Crippen molar-refractivity contribution < 1.29 is 13.2 Å². The van der Waals surface area contributed by atoms with Gasteiger partial charge >= 0.3 is 0 Å². The second kappa shape index (κ2) is 5.19. The van der Waals surface area contributed by atoms with Crippen LogP contribution in [0.25, 0.3) is 10.9 Å². The number of hydrogen-bond acceptors (Lipinski definition) is 4. The maximum Gasteiger partial charge on any atom is 0.261 e. The average molecular weight is 298 g/mol. The number of rotatable bonds is 4. The smallest absolute Gasteiger partial charge is 0.261 e. The molecule has 0 fully saturated rings. The van der Waals surface area contributed by atoms with E-state index >= 15 is 0 Å². The molecule has 1 aromatic carbocycles. The van der Waals surface area contributed by atoms with Gasteiger partial charge in [0.1, 0.15) is 17.4 Å². The molecule has 0 spiro atoms. The lowest BCUT2D eigenvalue weighted by Crippen LogP contribution is -2.08. The Morgan fingerprint density at radius 3 is 2.79 bits per heavy atom. The molecule has 19 heavy (non-hydrogen) atoms. The van der Waals surface area contributed by atoms with Crippen LogP contribution in [-0.4, -0.2) is 19.5 Å². The highest BCUT2D eigenvalue weighted by atomic mass is 35.7. The molecular formula is C13H12ClNO3S. The normalized spacial score (nSPS) is 13.2. The molecule has 6 heteroatoms. The van der Waals surface area contributed by atoms with Gasteiger partial charge in [0.05, 0.1) is 4.90 Å². The number of ether oxygens (including phenoxy) is 1. The van der Waals surface area contributed by atoms with Crippen LogP contribution in [0.2, 0.25) is 0 Å². The van der Waals surface area contributed by atoms with Crippen LogP contribution in [0.15, 0.2) is 48.0 Å². The molecule has 0 radical (unpaired) electrons. The number of halogens is 1. The third-order valence-corrected chi connectivity index (χ3v) is 3.98. The fourth-order valence-corrected chi connectivity index (χ4v) is 2.74. The van der Waals surface area contributed by atoms with E-state index in [9.17, 15) is 8.42 Å². The Hall–Kier alpha value is -1.59. The zero-order valence-corrected chi connectivity index (χ0v) is 11.8. The Morgan fingerprint density at radius 2 is 2.16 bits per heavy atom. The Labute approximate surface area is 116 Å². The van der Waals surface area contributed by atoms with Gasteiger partial charge in [0.15, 0.2) is 0 Å². The topological polar surface area (TPSA) is 56.3 Å². The zero-order valence-electron chi connectivity index (χ0n) is 10.2. The summed E-state index contributed by atoms with van der Waals surface area (Å²) in [6.07, 6.45) is 3.00. The van der Waals surface area contributed by atoms with Crippen LogP contribution >= 0.6 is 10.7 Å². The molecule has 4 nitrogen and oxygen atoms in total. The molecule has 0 amide bonds. The lowest BCUT2D eigenvalue weighted by atomic mass is 10.2. The predicted octanol–water partition coefficient (Wildman–Crippen LogP) is 3.12. The molecule has 2 aromatic rings. The molecule has 0 saturated carbocycles. The van der Waals surface area contributed by atoms with Crippen molar-refractivity contribution in [1.29, 1.82) is 0 Å². The van der Waals surface area contributed by atoms with E-state index in [0.29, 0.717) is 16.7 Å². The van der Waals surface area contributed by atoms with Crippen molar-refractivity contribution in [3.63, 3.8) is 0 Å². The summed E-state index contributed by atoms with van der Waals surface area (Å²) in [5.74, 6) is 0.493. The van der Waals surface area contributed by atoms with E-state index in [2.05, 4.69) is 11.6 Å². The molecule has 0 aliphatic rings. The Balaban J connectivity index is 2.68. The van der Waals surface area contributed by atoms with E-state index < -0.39 is 9.05 Å². The van der Waals surface area contributed by atoms with Gasteiger partial charge in [-0.25, -0.2) is 8.42 Å². The maximum atomic E-state index is 11.5. The fourth-order valence-electron chi connectivity index (χ4n) is 1.68. The van der Waals surface area contributed by atoms with Crippen LogP contribution in [-0.2, 0) is 9.05 Å². The summed E-state index contributed by atoms with van der Waals surface area (Å²) in [5.41, 5.74) is 0.456. The third-order valence-electron chi connectivity index (χ3n) is 2.60. The van der Waals surface area contributed by atoms with Crippen molar-refractivity contribution in [1.82, 2.24) is 4.98 Å². The Morgan fingerprint density at radius 1 is 1.42 bits per heavy atom. The zero-order chi connectivity index (χ0) is 14.0. The summed E-state index contributed by atoms with van der Waals surface area (Å²) >= 11 is 0. The predicted molar refractivity (Wildman–Crippen MR) is 75.1 cm³/mol. The molecule has 0 N–H and O–H groups in total. The number of nitrogens with zero attached hydrogens (tertiary/aromatic N) is 1. The molecule has 0 bridgehead atoms. The van der Waals surface area contributed by atoms with Gasteiger partial charge in [-0.1, -0.05) is 12.7 Å². The Kier molecular flexibility index (Phi) is 3.78. The summed E-state index contributed by atoms with van der Waals surface area (Å²) in [6.45, 7) is 5.46. The van der Waals surface area contributed by atoms with Gasteiger partial charge in [-0.2, -0.15) is 0 Å². The first-order valence-electron chi connectivity index (χ1n) is 5.55. The van der Waals surface area contributed by atoms with Crippen LogP contribution in [0.3, 0.4) is 0 Å². The molecule has 0 saturated heterocycles. The summed E-state index contributed by atoms with van der Waals surface area (Å²) in [4.78, 5) is 4.18. The molecule has 100 valence electrons. The molecule has 1 unspecified atom stereocenters. The summed E-state index contributed by atoms with van der Waals surface area (Å²) in [7, 11) is 1.59. The van der Waals surface area contributed by atoms with Crippen LogP contribution in [0, 0.1) is 0 Å². The van der Waals surface area contributed by atoms with Crippen LogP contribution in [0.4, 0.5) is 0 Å². The molecule has 0 aliphatic heterocycles. The Bertz CT molecular complexity index is 728. The summed E-state index contributed by atoms with van der Waals surface area (Å²) < 4.78 is 28.7. The van der Waals surface area contributed by atoms with Gasteiger partial charge in [0.2, 0.25) is 0 Å². The number of hydrogen-bond donors (Lipinski definition) is 0. The molecule has 1 heterocycles. The molecular weight excluding hydrogens is 286 g/mol. The number of pyridine rings is 1. The largest absolute Gasteiger partial charge is 0.484 e. The first-order valence-corrected chi connectivity index (χ1v) is 7.86. The lowest BCUT2D eigenvalue weighted by Gasteiger charge is -2.13. The second-order valence-electron chi connectivity index (χ2n) is 3.96. The van der Waals surface area contributed by atoms with E-state index in [1.807, 2.05) is 6.92 Å². The molecule has 1 atom stereocenters. The minimum atomic E-state index is -3.82. The average Bonchev–Trinajstić information content (AvgIpc) is 2.37. The summed E-state index contributed by atoms with van der Waals surface area (Å²) in [5, 5.41) is 0.436. The van der Waals surface area contributed by atoms with Crippen molar-refractivity contribution >= 4 is 30.6 Å². The van der Waals surface area contributed by atoms with Crippen LogP contribution < -0.4 is 4.74 Å². The van der Waals surface area contributed by atoms with Crippen molar-refractivity contribution in [2.75, 3.05) is 0 Å². The third kappa shape index (κ3) is 2.88. The highest BCUT2D eigenvalue weighted by molar-refractivity contribution is 8.14. The van der Waals surface area contributed by atoms with Gasteiger partial charge < -0.3 is 4.74 Å². The SMILES string of the molecule is C=CC(C)Oc1ccc(S(=O)(=O)Cl)c2cccnc12. The van der Waals surface area contributed by atoms with Crippen molar-refractivity contribution in [2.24, 2.45) is 0 Å². The quantitative estimate of drug-likeness (QED) is 0.643. The molecule has 0 aliphatic carbocycles. The number of benzene rings is 1. The lowest BCUT2D eigenvalue weighted by molar-refractivity contribution is 0.273. The molecule has 2 rings (SSSR count). The van der Waals surface area contributed by atoms with E-state index in [1.165, 1.54) is 6.07 Å². The first-order chi connectivity index (χ1) is 8.93. The fraction of sp³-hybridized carbons (Fsp3) is 0.154.